The van der Waals surface area contributed by atoms with Crippen molar-refractivity contribution in [2.45, 2.75) is 0 Å². The van der Waals surface area contributed by atoms with Gasteiger partial charge in [-0.05, 0) is 12.1 Å². The van der Waals surface area contributed by atoms with Crippen molar-refractivity contribution in [3.8, 4) is 5.75 Å². The highest BCUT2D eigenvalue weighted by Gasteiger charge is 2.11. The van der Waals surface area contributed by atoms with Crippen molar-refractivity contribution in [2.75, 3.05) is 6.54 Å². The predicted octanol–water partition coefficient (Wildman–Crippen LogP) is 1.13. The van der Waals surface area contributed by atoms with Crippen LogP contribution in [0.25, 0.3) is 0 Å². The first-order valence-electron chi connectivity index (χ1n) is 3.60. The van der Waals surface area contributed by atoms with E-state index in [0.29, 0.717) is 0 Å². The molecule has 1 aromatic rings. The monoisotopic (exact) mass is 178 g/mol. The number of nitrogens with one attached hydrogen (secondary N) is 1. The summed E-state index contributed by atoms with van der Waals surface area (Å²) in [6.07, 6.45) is 0. The standard InChI is InChI=1S/C8H7N3O2/c9-11-10-5-8(13)6-3-1-2-4-7(6)12/h1-4,9H,5H2/p+1. The van der Waals surface area contributed by atoms with Crippen molar-refractivity contribution in [3.05, 3.63) is 29.8 Å². The summed E-state index contributed by atoms with van der Waals surface area (Å²) in [4.78, 5) is 13.9. The summed E-state index contributed by atoms with van der Waals surface area (Å²) in [5.41, 5.74) is 6.56. The average molecular weight is 178 g/mol. The average Bonchev–Trinajstić information content (AvgIpc) is 2.15. The van der Waals surface area contributed by atoms with E-state index in [4.69, 9.17) is 5.53 Å². The molecule has 0 heterocycles. The fourth-order valence-corrected chi connectivity index (χ4v) is 0.894. The van der Waals surface area contributed by atoms with E-state index in [2.05, 4.69) is 10.0 Å². The fourth-order valence-electron chi connectivity index (χ4n) is 0.894. The molecule has 0 saturated heterocycles. The van der Waals surface area contributed by atoms with Crippen LogP contribution < -0.4 is 4.91 Å². The number of phenols is 1. The number of rotatable bonds is 3. The first-order valence-corrected chi connectivity index (χ1v) is 3.60. The number of nitrogens with zero attached hydrogens (tertiary/aromatic N) is 2. The van der Waals surface area contributed by atoms with E-state index in [1.165, 1.54) is 12.1 Å². The third-order valence-corrected chi connectivity index (χ3v) is 1.49. The van der Waals surface area contributed by atoms with Crippen LogP contribution in [0.15, 0.2) is 29.4 Å². The topological polar surface area (TPSA) is 87.6 Å². The molecule has 0 fully saturated rings. The lowest BCUT2D eigenvalue weighted by Crippen LogP contribution is -2.03. The summed E-state index contributed by atoms with van der Waals surface area (Å²) >= 11 is 0. The van der Waals surface area contributed by atoms with Crippen LogP contribution in [0.1, 0.15) is 10.4 Å². The van der Waals surface area contributed by atoms with Gasteiger partial charge >= 0.3 is 0 Å². The molecule has 0 aliphatic carbocycles. The lowest BCUT2D eigenvalue weighted by molar-refractivity contribution is 0.0997. The molecule has 0 atom stereocenters. The van der Waals surface area contributed by atoms with Crippen LogP contribution in [0.4, 0.5) is 0 Å². The van der Waals surface area contributed by atoms with Crippen LogP contribution >= 0.6 is 0 Å². The number of hydrogen-bond acceptors (Lipinski definition) is 4. The molecule has 0 radical (unpaired) electrons. The molecule has 0 bridgehead atoms. The molecule has 0 aliphatic rings. The summed E-state index contributed by atoms with van der Waals surface area (Å²) < 4.78 is 0. The van der Waals surface area contributed by atoms with E-state index in [1.54, 1.807) is 12.1 Å². The minimum Gasteiger partial charge on any atom is -0.507 e. The lowest BCUT2D eigenvalue weighted by Gasteiger charge is -1.97. The Kier molecular flexibility index (Phi) is 2.89. The summed E-state index contributed by atoms with van der Waals surface area (Å²) in [6.45, 7) is -0.207. The molecule has 5 nitrogen and oxygen atoms in total. The van der Waals surface area contributed by atoms with E-state index in [9.17, 15) is 9.90 Å². The fraction of sp³-hybridized carbons (Fsp3) is 0.125. The molecule has 1 aromatic carbocycles. The van der Waals surface area contributed by atoms with Gasteiger partial charge in [0.25, 0.3) is 0 Å². The second-order valence-corrected chi connectivity index (χ2v) is 2.34. The number of aromatic hydroxyl groups is 1. The molecule has 13 heavy (non-hydrogen) atoms. The van der Waals surface area contributed by atoms with Gasteiger partial charge in [-0.1, -0.05) is 12.1 Å². The molecule has 0 aliphatic heterocycles. The van der Waals surface area contributed by atoms with Crippen molar-refractivity contribution in [1.29, 1.82) is 5.53 Å². The van der Waals surface area contributed by atoms with Gasteiger partial charge in [0.15, 0.2) is 12.3 Å². The minimum atomic E-state index is -0.353. The Balaban J connectivity index is 2.88. The van der Waals surface area contributed by atoms with Gasteiger partial charge in [0.05, 0.1) is 5.56 Å². The molecular weight excluding hydrogens is 170 g/mol. The van der Waals surface area contributed by atoms with E-state index < -0.39 is 0 Å². The first kappa shape index (κ1) is 9.09. The van der Waals surface area contributed by atoms with E-state index in [-0.39, 0.29) is 23.6 Å². The molecule has 0 unspecified atom stereocenters. The number of para-hydroxylation sites is 1. The molecule has 0 spiro atoms. The van der Waals surface area contributed by atoms with E-state index in [0.717, 1.165) is 0 Å². The number of Topliss-reactive ketones (excluding diaryl/α,β-unsaturated/α-hetero) is 1. The molecule has 66 valence electrons. The maximum atomic E-state index is 11.2. The highest BCUT2D eigenvalue weighted by Crippen LogP contribution is 2.15. The number of benzene rings is 1. The second kappa shape index (κ2) is 4.13. The molecule has 2 N–H and O–H groups in total. The molecule has 0 amide bonds. The normalized spacial score (nSPS) is 8.92. The molecule has 0 aromatic heterocycles. The van der Waals surface area contributed by atoms with Gasteiger partial charge in [0.2, 0.25) is 4.91 Å². The summed E-state index contributed by atoms with van der Waals surface area (Å²) in [7, 11) is 0. The van der Waals surface area contributed by atoms with Crippen molar-refractivity contribution in [3.63, 3.8) is 0 Å². The molecule has 0 saturated carbocycles. The van der Waals surface area contributed by atoms with Gasteiger partial charge < -0.3 is 5.11 Å². The van der Waals surface area contributed by atoms with Crippen molar-refractivity contribution >= 4 is 5.78 Å². The summed E-state index contributed by atoms with van der Waals surface area (Å²) in [6, 6.07) is 6.19. The Morgan fingerprint density at radius 3 is 2.85 bits per heavy atom. The van der Waals surface area contributed by atoms with Gasteiger partial charge in [0, 0.05) is 0 Å². The van der Waals surface area contributed by atoms with Gasteiger partial charge in [0.1, 0.15) is 16.4 Å². The summed E-state index contributed by atoms with van der Waals surface area (Å²) in [5, 5.41) is 12.5. The van der Waals surface area contributed by atoms with E-state index >= 15 is 0 Å². The van der Waals surface area contributed by atoms with Crippen molar-refractivity contribution < 1.29 is 9.90 Å². The van der Waals surface area contributed by atoms with Gasteiger partial charge in [-0.2, -0.15) is 0 Å². The van der Waals surface area contributed by atoms with Crippen LogP contribution in [-0.2, 0) is 0 Å². The molecule has 5 heteroatoms. The third kappa shape index (κ3) is 2.21. The second-order valence-electron chi connectivity index (χ2n) is 2.34. The highest BCUT2D eigenvalue weighted by atomic mass is 16.3. The Labute approximate surface area is 74.3 Å². The highest BCUT2D eigenvalue weighted by molar-refractivity contribution is 5.99. The number of carbonyl (C=O) groups excluding carboxylic acids is 1. The zero-order valence-electron chi connectivity index (χ0n) is 6.77. The zero-order valence-corrected chi connectivity index (χ0v) is 6.77. The third-order valence-electron chi connectivity index (χ3n) is 1.49. The number of ketones is 1. The van der Waals surface area contributed by atoms with Gasteiger partial charge in [-0.25, -0.2) is 0 Å². The minimum absolute atomic E-state index is 0.0762. The van der Waals surface area contributed by atoms with Crippen LogP contribution in [0.2, 0.25) is 0 Å². The largest absolute Gasteiger partial charge is 0.507 e. The molecule has 1 rings (SSSR count). The summed E-state index contributed by atoms with van der Waals surface area (Å²) in [5.74, 6) is -0.429. The SMILES string of the molecule is N=[N+]=NCC(=O)c1ccccc1O. The van der Waals surface area contributed by atoms with Crippen LogP contribution in [0.3, 0.4) is 0 Å². The van der Waals surface area contributed by atoms with Gasteiger partial charge in [-0.3, -0.25) is 4.79 Å². The molecular formula is C8H8N3O2+. The Morgan fingerprint density at radius 1 is 1.54 bits per heavy atom. The van der Waals surface area contributed by atoms with E-state index in [1.807, 2.05) is 0 Å². The van der Waals surface area contributed by atoms with Gasteiger partial charge in [-0.15, -0.1) is 0 Å². The maximum absolute atomic E-state index is 11.2. The van der Waals surface area contributed by atoms with Crippen LogP contribution in [-0.4, -0.2) is 17.4 Å². The predicted molar refractivity (Wildman–Crippen MR) is 44.6 cm³/mol. The lowest BCUT2D eigenvalue weighted by atomic mass is 10.1. The number of carbonyl (C=O) groups is 1. The number of hydrogen-bond donors (Lipinski definition) is 2. The number of phenolic OH excluding ortho intramolecular Hbond substituents is 1. The quantitative estimate of drug-likeness (QED) is 0.412. The Hall–Kier alpha value is -2.00. The van der Waals surface area contributed by atoms with Crippen LogP contribution in [0, 0.1) is 5.53 Å². The maximum Gasteiger partial charge on any atom is 0.214 e. The Bertz CT molecular complexity index is 369. The smallest absolute Gasteiger partial charge is 0.214 e. The van der Waals surface area contributed by atoms with Crippen LogP contribution in [0.5, 0.6) is 5.75 Å². The van der Waals surface area contributed by atoms with Crippen molar-refractivity contribution in [2.24, 2.45) is 5.11 Å². The van der Waals surface area contributed by atoms with Crippen molar-refractivity contribution in [1.82, 2.24) is 4.91 Å². The Morgan fingerprint density at radius 2 is 2.23 bits per heavy atom. The first-order chi connectivity index (χ1) is 6.25. The zero-order chi connectivity index (χ0) is 9.68.